The molecule has 0 saturated heterocycles. The zero-order valence-electron chi connectivity index (χ0n) is 47.2. The van der Waals surface area contributed by atoms with E-state index in [0.29, 0.717) is 17.6 Å². The van der Waals surface area contributed by atoms with Crippen LogP contribution in [0.2, 0.25) is 0 Å². The number of rotatable bonds is 10. The summed E-state index contributed by atoms with van der Waals surface area (Å²) in [5, 5.41) is 7.15. The highest BCUT2D eigenvalue weighted by atomic mass is 15.2. The molecule has 4 aromatic heterocycles. The molecule has 0 unspecified atom stereocenters. The van der Waals surface area contributed by atoms with Crippen LogP contribution in [0.1, 0.15) is 0 Å². The van der Waals surface area contributed by atoms with Gasteiger partial charge in [0.2, 0.25) is 5.95 Å². The van der Waals surface area contributed by atoms with Gasteiger partial charge in [0.1, 0.15) is 0 Å². The van der Waals surface area contributed by atoms with Crippen molar-refractivity contribution in [2.75, 3.05) is 0 Å². The molecule has 17 rings (SSSR count). The van der Waals surface area contributed by atoms with E-state index in [9.17, 15) is 0 Å². The zero-order valence-corrected chi connectivity index (χ0v) is 47.2. The van der Waals surface area contributed by atoms with Crippen molar-refractivity contribution in [3.8, 4) is 95.7 Å². The van der Waals surface area contributed by atoms with Crippen LogP contribution in [-0.4, -0.2) is 28.7 Å². The van der Waals surface area contributed by atoms with Crippen LogP contribution in [0, 0.1) is 0 Å². The Morgan fingerprint density at radius 3 is 0.839 bits per heavy atom. The number of fused-ring (bicyclic) bond motifs is 9. The predicted molar refractivity (Wildman–Crippen MR) is 361 cm³/mol. The van der Waals surface area contributed by atoms with Crippen LogP contribution in [0.3, 0.4) is 0 Å². The second kappa shape index (κ2) is 20.6. The highest BCUT2D eigenvalue weighted by molar-refractivity contribution is 6.12. The normalized spacial score (nSPS) is 11.7. The minimum Gasteiger partial charge on any atom is -0.309 e. The highest BCUT2D eigenvalue weighted by Gasteiger charge is 2.22. The second-order valence-corrected chi connectivity index (χ2v) is 22.3. The Hall–Kier alpha value is -11.7. The SMILES string of the molecule is c1ccc(-c2cccc(-c3ccc(-n4c5ccccc5c5ccccc54)c(-c4ccc(-c5nc(-c6ccc(-c7cc(-c8ccccc8)ccc7-n7c8ccccc8c8ccccc87)cc6)nc(-n6c7ccccc7c7ccccc76)n5)cc4)c3)c2)cc1. The summed E-state index contributed by atoms with van der Waals surface area (Å²) in [4.78, 5) is 16.2. The Morgan fingerprint density at radius 1 is 0.184 bits per heavy atom. The first-order valence-corrected chi connectivity index (χ1v) is 29.6. The fourth-order valence-corrected chi connectivity index (χ4v) is 13.2. The van der Waals surface area contributed by atoms with Gasteiger partial charge in [0, 0.05) is 54.6 Å². The summed E-state index contributed by atoms with van der Waals surface area (Å²) in [6.07, 6.45) is 0. The largest absolute Gasteiger partial charge is 0.309 e. The van der Waals surface area contributed by atoms with Crippen LogP contribution in [0.25, 0.3) is 161 Å². The fourth-order valence-electron chi connectivity index (χ4n) is 13.2. The minimum atomic E-state index is 0.545. The van der Waals surface area contributed by atoms with Gasteiger partial charge in [-0.3, -0.25) is 4.57 Å². The molecule has 0 aliphatic carbocycles. The summed E-state index contributed by atoms with van der Waals surface area (Å²) in [5.74, 6) is 1.70. The molecule has 13 aromatic carbocycles. The van der Waals surface area contributed by atoms with Crippen molar-refractivity contribution in [2.24, 2.45) is 0 Å². The number of benzene rings is 13. The van der Waals surface area contributed by atoms with Crippen molar-refractivity contribution < 1.29 is 0 Å². The lowest BCUT2D eigenvalue weighted by Crippen LogP contribution is -2.06. The Balaban J connectivity index is 0.823. The van der Waals surface area contributed by atoms with Crippen molar-refractivity contribution in [2.45, 2.75) is 0 Å². The van der Waals surface area contributed by atoms with Crippen molar-refractivity contribution in [1.29, 1.82) is 0 Å². The highest BCUT2D eigenvalue weighted by Crippen LogP contribution is 2.42. The van der Waals surface area contributed by atoms with Crippen LogP contribution >= 0.6 is 0 Å². The molecule has 87 heavy (non-hydrogen) atoms. The Bertz CT molecular complexity index is 5340. The third-order valence-electron chi connectivity index (χ3n) is 17.4. The van der Waals surface area contributed by atoms with Gasteiger partial charge < -0.3 is 9.13 Å². The second-order valence-electron chi connectivity index (χ2n) is 22.3. The van der Waals surface area contributed by atoms with Crippen molar-refractivity contribution >= 4 is 65.4 Å². The molecule has 0 aliphatic rings. The van der Waals surface area contributed by atoms with E-state index in [-0.39, 0.29) is 0 Å². The van der Waals surface area contributed by atoms with E-state index in [1.54, 1.807) is 0 Å². The van der Waals surface area contributed by atoms with Gasteiger partial charge in [0.05, 0.1) is 44.5 Å². The number of hydrogen-bond acceptors (Lipinski definition) is 3. The van der Waals surface area contributed by atoms with E-state index in [4.69, 9.17) is 15.0 Å². The van der Waals surface area contributed by atoms with E-state index >= 15 is 0 Å². The molecule has 4 heterocycles. The first-order chi connectivity index (χ1) is 43.1. The number of hydrogen-bond donors (Lipinski definition) is 0. The van der Waals surface area contributed by atoms with Gasteiger partial charge in [-0.25, -0.2) is 4.98 Å². The number of aromatic nitrogens is 6. The maximum Gasteiger partial charge on any atom is 0.238 e. The minimum absolute atomic E-state index is 0.545. The summed E-state index contributed by atoms with van der Waals surface area (Å²) < 4.78 is 7.02. The molecule has 0 atom stereocenters. The van der Waals surface area contributed by atoms with Crippen molar-refractivity contribution in [3.63, 3.8) is 0 Å². The fraction of sp³-hybridized carbons (Fsp3) is 0. The van der Waals surface area contributed by atoms with Gasteiger partial charge in [-0.15, -0.1) is 0 Å². The van der Waals surface area contributed by atoms with E-state index in [1.807, 2.05) is 0 Å². The lowest BCUT2D eigenvalue weighted by atomic mass is 9.94. The average molecular weight is 1110 g/mol. The molecular formula is C81H52N6. The average Bonchev–Trinajstić information content (AvgIpc) is 2.24. The molecule has 0 spiro atoms. The molecule has 6 heteroatoms. The molecule has 0 amide bonds. The smallest absolute Gasteiger partial charge is 0.238 e. The number of nitrogens with zero attached hydrogens (tertiary/aromatic N) is 6. The van der Waals surface area contributed by atoms with Gasteiger partial charge in [-0.1, -0.05) is 249 Å². The molecular weight excluding hydrogens is 1060 g/mol. The summed E-state index contributed by atoms with van der Waals surface area (Å²) >= 11 is 0. The Labute approximate surface area is 502 Å². The van der Waals surface area contributed by atoms with Gasteiger partial charge in [-0.2, -0.15) is 9.97 Å². The first kappa shape index (κ1) is 49.8. The number of para-hydroxylation sites is 6. The molecule has 0 radical (unpaired) electrons. The third-order valence-corrected chi connectivity index (χ3v) is 17.4. The Kier molecular flexibility index (Phi) is 11.8. The van der Waals surface area contributed by atoms with Crippen LogP contribution in [-0.2, 0) is 0 Å². The van der Waals surface area contributed by atoms with Crippen molar-refractivity contribution in [3.05, 3.63) is 315 Å². The van der Waals surface area contributed by atoms with Gasteiger partial charge in [-0.05, 0) is 111 Å². The molecule has 6 nitrogen and oxygen atoms in total. The molecule has 406 valence electrons. The molecule has 0 saturated carbocycles. The molecule has 0 N–H and O–H groups in total. The zero-order chi connectivity index (χ0) is 57.4. The molecule has 0 bridgehead atoms. The quantitative estimate of drug-likeness (QED) is 0.137. The summed E-state index contributed by atoms with van der Waals surface area (Å²) in [6.45, 7) is 0. The third kappa shape index (κ3) is 8.45. The maximum atomic E-state index is 5.42. The van der Waals surface area contributed by atoms with Crippen LogP contribution in [0.4, 0.5) is 0 Å². The lowest BCUT2D eigenvalue weighted by Gasteiger charge is -2.17. The first-order valence-electron chi connectivity index (χ1n) is 29.6. The van der Waals surface area contributed by atoms with Crippen LogP contribution in [0.15, 0.2) is 315 Å². The van der Waals surface area contributed by atoms with Gasteiger partial charge >= 0.3 is 0 Å². The lowest BCUT2D eigenvalue weighted by molar-refractivity contribution is 0.953. The Morgan fingerprint density at radius 2 is 0.460 bits per heavy atom. The van der Waals surface area contributed by atoms with E-state index in [2.05, 4.69) is 329 Å². The summed E-state index contributed by atoms with van der Waals surface area (Å²) in [7, 11) is 0. The van der Waals surface area contributed by atoms with Gasteiger partial charge in [0.25, 0.3) is 0 Å². The van der Waals surface area contributed by atoms with Crippen LogP contribution < -0.4 is 0 Å². The van der Waals surface area contributed by atoms with E-state index < -0.39 is 0 Å². The molecule has 0 fully saturated rings. The monoisotopic (exact) mass is 1110 g/mol. The molecule has 0 aliphatic heterocycles. The van der Waals surface area contributed by atoms with E-state index in [1.165, 1.54) is 32.7 Å². The molecule has 17 aromatic rings. The van der Waals surface area contributed by atoms with Gasteiger partial charge in [0.15, 0.2) is 11.6 Å². The van der Waals surface area contributed by atoms with Crippen LogP contribution in [0.5, 0.6) is 0 Å². The van der Waals surface area contributed by atoms with Crippen molar-refractivity contribution in [1.82, 2.24) is 28.7 Å². The topological polar surface area (TPSA) is 53.5 Å². The summed E-state index contributed by atoms with van der Waals surface area (Å²) in [6, 6.07) is 113. The maximum absolute atomic E-state index is 5.42. The standard InChI is InChI=1S/C81H52N6/c1-3-20-53(21-4-1)59-24-19-25-60(50-59)62-47-49-78(86-73-34-15-9-28-65(73)66-29-10-16-35-74(66)86)70(52-62)56-40-44-58(45-41-56)80-82-79(83-81(84-80)87-75-36-17-11-30-67(75)68-31-12-18-37-76(68)87)57-42-38-55(39-43-57)69-51-61(54-22-5-2-6-23-54)46-48-77(69)85-71-32-13-7-26-63(71)64-27-8-14-33-72(64)85/h1-52H. The summed E-state index contributed by atoms with van der Waals surface area (Å²) in [5.41, 5.74) is 21.9. The van der Waals surface area contributed by atoms with E-state index in [0.717, 1.165) is 111 Å². The predicted octanol–water partition coefficient (Wildman–Crippen LogP) is 20.8.